The number of amides is 2. The second-order valence-electron chi connectivity index (χ2n) is 5.69. The average Bonchev–Trinajstić information content (AvgIpc) is 2.95. The van der Waals surface area contributed by atoms with Crippen molar-refractivity contribution in [3.05, 3.63) is 18.2 Å². The van der Waals surface area contributed by atoms with Gasteiger partial charge in [0.2, 0.25) is 11.8 Å². The Bertz CT molecular complexity index is 588. The lowest BCUT2D eigenvalue weighted by atomic mass is 10.1. The molecule has 1 aliphatic rings. The molecule has 6 heteroatoms. The van der Waals surface area contributed by atoms with Gasteiger partial charge < -0.3 is 19.7 Å². The highest BCUT2D eigenvalue weighted by Gasteiger charge is 2.38. The first-order valence-electron chi connectivity index (χ1n) is 7.85. The number of benzene rings is 1. The minimum Gasteiger partial charge on any atom is -0.493 e. The van der Waals surface area contributed by atoms with Crippen molar-refractivity contribution < 1.29 is 19.1 Å². The van der Waals surface area contributed by atoms with Crippen LogP contribution >= 0.6 is 0 Å². The van der Waals surface area contributed by atoms with Gasteiger partial charge in [-0.15, -0.1) is 0 Å². The van der Waals surface area contributed by atoms with Gasteiger partial charge in [0.25, 0.3) is 0 Å². The highest BCUT2D eigenvalue weighted by Crippen LogP contribution is 2.34. The smallest absolute Gasteiger partial charge is 0.239 e. The maximum Gasteiger partial charge on any atom is 0.239 e. The highest BCUT2D eigenvalue weighted by atomic mass is 16.5. The molecule has 23 heavy (non-hydrogen) atoms. The van der Waals surface area contributed by atoms with Crippen LogP contribution < -0.4 is 19.7 Å². The molecule has 1 aromatic carbocycles. The number of carbonyl (C=O) groups is 2. The SMILES string of the molecule is CCC(C)NC(=O)C1CCN(c2ccc(OC)c(OC)c2)C1=O. The largest absolute Gasteiger partial charge is 0.493 e. The molecular formula is C17H24N2O4. The van der Waals surface area contributed by atoms with E-state index >= 15 is 0 Å². The fourth-order valence-electron chi connectivity index (χ4n) is 2.62. The minimum atomic E-state index is -0.614. The lowest BCUT2D eigenvalue weighted by molar-refractivity contribution is -0.132. The molecular weight excluding hydrogens is 296 g/mol. The maximum absolute atomic E-state index is 12.6. The maximum atomic E-state index is 12.6. The summed E-state index contributed by atoms with van der Waals surface area (Å²) >= 11 is 0. The fourth-order valence-corrected chi connectivity index (χ4v) is 2.62. The molecule has 126 valence electrons. The zero-order valence-corrected chi connectivity index (χ0v) is 14.1. The molecule has 2 rings (SSSR count). The van der Waals surface area contributed by atoms with Gasteiger partial charge in [-0.1, -0.05) is 6.92 Å². The topological polar surface area (TPSA) is 67.9 Å². The van der Waals surface area contributed by atoms with Crippen molar-refractivity contribution in [1.82, 2.24) is 5.32 Å². The first-order valence-corrected chi connectivity index (χ1v) is 7.85. The molecule has 0 saturated carbocycles. The van der Waals surface area contributed by atoms with Gasteiger partial charge in [0.1, 0.15) is 5.92 Å². The Balaban J connectivity index is 2.14. The summed E-state index contributed by atoms with van der Waals surface area (Å²) in [6.45, 7) is 4.45. The zero-order valence-electron chi connectivity index (χ0n) is 14.1. The Kier molecular flexibility index (Phi) is 5.47. The number of carbonyl (C=O) groups excluding carboxylic acids is 2. The van der Waals surface area contributed by atoms with E-state index < -0.39 is 5.92 Å². The summed E-state index contributed by atoms with van der Waals surface area (Å²) < 4.78 is 10.5. The number of hydrogen-bond donors (Lipinski definition) is 1. The molecule has 0 aromatic heterocycles. The van der Waals surface area contributed by atoms with Crippen LogP contribution in [0.15, 0.2) is 18.2 Å². The monoisotopic (exact) mass is 320 g/mol. The van der Waals surface area contributed by atoms with Crippen molar-refractivity contribution in [2.45, 2.75) is 32.7 Å². The molecule has 0 aliphatic carbocycles. The van der Waals surface area contributed by atoms with Crippen LogP contribution in [0.4, 0.5) is 5.69 Å². The molecule has 1 aliphatic heterocycles. The first kappa shape index (κ1) is 17.1. The van der Waals surface area contributed by atoms with E-state index in [-0.39, 0.29) is 17.9 Å². The lowest BCUT2D eigenvalue weighted by Gasteiger charge is -2.19. The van der Waals surface area contributed by atoms with E-state index in [4.69, 9.17) is 9.47 Å². The van der Waals surface area contributed by atoms with Crippen molar-refractivity contribution >= 4 is 17.5 Å². The van der Waals surface area contributed by atoms with Crippen LogP contribution in [0.5, 0.6) is 11.5 Å². The summed E-state index contributed by atoms with van der Waals surface area (Å²) in [6, 6.07) is 5.39. The van der Waals surface area contributed by atoms with Crippen molar-refractivity contribution in [3.63, 3.8) is 0 Å². The molecule has 6 nitrogen and oxygen atoms in total. The Morgan fingerprint density at radius 2 is 2.04 bits per heavy atom. The van der Waals surface area contributed by atoms with Crippen LogP contribution in [0, 0.1) is 5.92 Å². The number of methoxy groups -OCH3 is 2. The highest BCUT2D eigenvalue weighted by molar-refractivity contribution is 6.09. The van der Waals surface area contributed by atoms with Crippen molar-refractivity contribution in [3.8, 4) is 11.5 Å². The molecule has 1 fully saturated rings. The molecule has 0 spiro atoms. The predicted octanol–water partition coefficient (Wildman–Crippen LogP) is 1.97. The summed E-state index contributed by atoms with van der Waals surface area (Å²) in [5.74, 6) is 0.196. The molecule has 0 radical (unpaired) electrons. The molecule has 1 saturated heterocycles. The molecule has 1 heterocycles. The third kappa shape index (κ3) is 3.57. The Labute approximate surface area is 136 Å². The number of ether oxygens (including phenoxy) is 2. The summed E-state index contributed by atoms with van der Waals surface area (Å²) in [7, 11) is 3.11. The van der Waals surface area contributed by atoms with Gasteiger partial charge in [-0.3, -0.25) is 9.59 Å². The van der Waals surface area contributed by atoms with Crippen LogP contribution in [0.2, 0.25) is 0 Å². The van der Waals surface area contributed by atoms with E-state index in [1.807, 2.05) is 13.8 Å². The molecule has 0 bridgehead atoms. The molecule has 2 unspecified atom stereocenters. The van der Waals surface area contributed by atoms with Gasteiger partial charge in [-0.25, -0.2) is 0 Å². The fraction of sp³-hybridized carbons (Fsp3) is 0.529. The van der Waals surface area contributed by atoms with Gasteiger partial charge in [0, 0.05) is 24.3 Å². The molecule has 1 aromatic rings. The second-order valence-corrected chi connectivity index (χ2v) is 5.69. The van der Waals surface area contributed by atoms with Crippen LogP contribution in [0.25, 0.3) is 0 Å². The van der Waals surface area contributed by atoms with Gasteiger partial charge in [0.05, 0.1) is 14.2 Å². The quantitative estimate of drug-likeness (QED) is 0.814. The van der Waals surface area contributed by atoms with Gasteiger partial charge >= 0.3 is 0 Å². The second kappa shape index (κ2) is 7.35. The number of rotatable bonds is 6. The summed E-state index contributed by atoms with van der Waals surface area (Å²) in [4.78, 5) is 26.4. The number of anilines is 1. The predicted molar refractivity (Wildman–Crippen MR) is 87.9 cm³/mol. The van der Waals surface area contributed by atoms with Crippen LogP contribution in [0.3, 0.4) is 0 Å². The third-order valence-electron chi connectivity index (χ3n) is 4.20. The average molecular weight is 320 g/mol. The van der Waals surface area contributed by atoms with E-state index in [0.717, 1.165) is 6.42 Å². The molecule has 1 N–H and O–H groups in total. The van der Waals surface area contributed by atoms with E-state index in [1.54, 1.807) is 37.3 Å². The van der Waals surface area contributed by atoms with Crippen LogP contribution in [-0.4, -0.2) is 38.6 Å². The number of nitrogens with one attached hydrogen (secondary N) is 1. The zero-order chi connectivity index (χ0) is 17.0. The van der Waals surface area contributed by atoms with Gasteiger partial charge in [-0.05, 0) is 31.9 Å². The van der Waals surface area contributed by atoms with Crippen molar-refractivity contribution in [2.24, 2.45) is 5.92 Å². The van der Waals surface area contributed by atoms with Crippen molar-refractivity contribution in [2.75, 3.05) is 25.7 Å². The van der Waals surface area contributed by atoms with Crippen LogP contribution in [0.1, 0.15) is 26.7 Å². The Morgan fingerprint density at radius 1 is 1.35 bits per heavy atom. The van der Waals surface area contributed by atoms with Crippen molar-refractivity contribution in [1.29, 1.82) is 0 Å². The standard InChI is InChI=1S/C17H24N2O4/c1-5-11(2)18-16(20)13-8-9-19(17(13)21)12-6-7-14(22-3)15(10-12)23-4/h6-7,10-11,13H,5,8-9H2,1-4H3,(H,18,20). The minimum absolute atomic E-state index is 0.0745. The van der Waals surface area contributed by atoms with E-state index in [9.17, 15) is 9.59 Å². The lowest BCUT2D eigenvalue weighted by Crippen LogP contribution is -2.40. The molecule has 2 amide bonds. The third-order valence-corrected chi connectivity index (χ3v) is 4.20. The number of hydrogen-bond acceptors (Lipinski definition) is 4. The van der Waals surface area contributed by atoms with Gasteiger partial charge in [-0.2, -0.15) is 0 Å². The summed E-state index contributed by atoms with van der Waals surface area (Å²) in [6.07, 6.45) is 1.36. The van der Waals surface area contributed by atoms with E-state index in [0.29, 0.717) is 30.2 Å². The van der Waals surface area contributed by atoms with Gasteiger partial charge in [0.15, 0.2) is 11.5 Å². The Hall–Kier alpha value is -2.24. The van der Waals surface area contributed by atoms with E-state index in [2.05, 4.69) is 5.32 Å². The molecule has 2 atom stereocenters. The number of nitrogens with zero attached hydrogens (tertiary/aromatic N) is 1. The van der Waals surface area contributed by atoms with Crippen LogP contribution in [-0.2, 0) is 9.59 Å². The summed E-state index contributed by atoms with van der Waals surface area (Å²) in [5.41, 5.74) is 0.714. The normalized spacial score (nSPS) is 18.7. The first-order chi connectivity index (χ1) is 11.0. The van der Waals surface area contributed by atoms with E-state index in [1.165, 1.54) is 0 Å². The summed E-state index contributed by atoms with van der Waals surface area (Å²) in [5, 5.41) is 2.88. The Morgan fingerprint density at radius 3 is 2.65 bits per heavy atom.